The molecule has 2 aromatic carbocycles. The van der Waals surface area contributed by atoms with Crippen molar-refractivity contribution in [3.05, 3.63) is 89.5 Å². The fourth-order valence-corrected chi connectivity index (χ4v) is 3.68. The predicted octanol–water partition coefficient (Wildman–Crippen LogP) is 5.06. The number of aromatic nitrogens is 3. The number of aliphatic hydroxyl groups is 1. The molecular weight excluding hydrogens is 501 g/mol. The van der Waals surface area contributed by atoms with Gasteiger partial charge in [-0.3, -0.25) is 10.4 Å². The molecule has 0 bridgehead atoms. The molecule has 202 valence electrons. The number of aliphatic hydroxyl groups excluding tert-OH is 1. The number of pyridine rings is 1. The minimum absolute atomic E-state index is 0.143. The molecule has 4 aromatic rings. The number of hydrogen-bond acceptors (Lipinski definition) is 10. The highest BCUT2D eigenvalue weighted by Gasteiger charge is 2.14. The van der Waals surface area contributed by atoms with Crippen LogP contribution in [-0.2, 0) is 0 Å². The molecule has 2 aromatic heterocycles. The SMILES string of the molecule is COc1ccc(C(O)CNc2cc(NN=C(C)c3ccncc3)nc(Nc3cc(F)ccc3C)n2)cc1OC. The number of ether oxygens (including phenoxy) is 2. The van der Waals surface area contributed by atoms with Gasteiger partial charge in [-0.2, -0.15) is 15.1 Å². The second-order valence-corrected chi connectivity index (χ2v) is 8.60. The standard InChI is InChI=1S/C28H30FN7O3/c1-17-5-7-21(29)14-22(17)32-28-33-26(15-27(34-28)36-35-18(2)19-9-11-30-12-10-19)31-16-23(37)20-6-8-24(38-3)25(13-20)39-4/h5-15,23,37H,16H2,1-4H3,(H3,31,32,33,34,36). The van der Waals surface area contributed by atoms with Gasteiger partial charge in [0.2, 0.25) is 5.95 Å². The first-order chi connectivity index (χ1) is 18.9. The first-order valence-electron chi connectivity index (χ1n) is 12.1. The van der Waals surface area contributed by atoms with E-state index in [1.807, 2.05) is 26.0 Å². The van der Waals surface area contributed by atoms with Gasteiger partial charge in [0.05, 0.1) is 26.0 Å². The molecule has 0 aliphatic rings. The van der Waals surface area contributed by atoms with Crippen LogP contribution >= 0.6 is 0 Å². The molecular formula is C28H30FN7O3. The summed E-state index contributed by atoms with van der Waals surface area (Å²) < 4.78 is 24.5. The van der Waals surface area contributed by atoms with Crippen LogP contribution in [0.2, 0.25) is 0 Å². The Morgan fingerprint density at radius 2 is 1.72 bits per heavy atom. The van der Waals surface area contributed by atoms with Gasteiger partial charge >= 0.3 is 0 Å². The van der Waals surface area contributed by atoms with Gasteiger partial charge in [0.15, 0.2) is 17.3 Å². The Hall–Kier alpha value is -4.77. The van der Waals surface area contributed by atoms with Crippen molar-refractivity contribution in [3.8, 4) is 11.5 Å². The van der Waals surface area contributed by atoms with E-state index in [9.17, 15) is 9.50 Å². The van der Waals surface area contributed by atoms with Gasteiger partial charge in [0, 0.05) is 36.3 Å². The van der Waals surface area contributed by atoms with Crippen molar-refractivity contribution in [1.29, 1.82) is 0 Å². The molecule has 4 N–H and O–H groups in total. The number of rotatable bonds is 11. The molecule has 0 aliphatic heterocycles. The van der Waals surface area contributed by atoms with Crippen LogP contribution in [0.15, 0.2) is 72.1 Å². The fraction of sp³-hybridized carbons (Fsp3) is 0.214. The normalized spacial score (nSPS) is 12.0. The van der Waals surface area contributed by atoms with Gasteiger partial charge in [-0.25, -0.2) is 4.39 Å². The topological polar surface area (TPSA) is 126 Å². The number of anilines is 4. The van der Waals surface area contributed by atoms with E-state index in [-0.39, 0.29) is 18.3 Å². The van der Waals surface area contributed by atoms with Crippen LogP contribution in [-0.4, -0.2) is 46.5 Å². The summed E-state index contributed by atoms with van der Waals surface area (Å²) in [6.07, 6.45) is 2.51. The minimum Gasteiger partial charge on any atom is -0.493 e. The molecule has 0 spiro atoms. The summed E-state index contributed by atoms with van der Waals surface area (Å²) in [7, 11) is 3.09. The molecule has 0 fully saturated rings. The van der Waals surface area contributed by atoms with Crippen LogP contribution < -0.4 is 25.5 Å². The zero-order valence-electron chi connectivity index (χ0n) is 22.1. The number of halogens is 1. The van der Waals surface area contributed by atoms with Crippen molar-refractivity contribution < 1.29 is 19.0 Å². The highest BCUT2D eigenvalue weighted by molar-refractivity contribution is 5.98. The third kappa shape index (κ3) is 7.17. The van der Waals surface area contributed by atoms with Crippen molar-refractivity contribution in [2.45, 2.75) is 20.0 Å². The molecule has 0 amide bonds. The molecule has 1 atom stereocenters. The summed E-state index contributed by atoms with van der Waals surface area (Å²) in [4.78, 5) is 13.0. The summed E-state index contributed by atoms with van der Waals surface area (Å²) in [6, 6.07) is 15.0. The highest BCUT2D eigenvalue weighted by Crippen LogP contribution is 2.30. The number of nitrogens with zero attached hydrogens (tertiary/aromatic N) is 4. The van der Waals surface area contributed by atoms with Gasteiger partial charge in [0.25, 0.3) is 0 Å². The molecule has 0 aliphatic carbocycles. The van der Waals surface area contributed by atoms with E-state index in [1.165, 1.54) is 19.2 Å². The van der Waals surface area contributed by atoms with E-state index < -0.39 is 6.10 Å². The lowest BCUT2D eigenvalue weighted by atomic mass is 10.1. The zero-order valence-corrected chi connectivity index (χ0v) is 22.1. The molecule has 0 saturated heterocycles. The van der Waals surface area contributed by atoms with Gasteiger partial charge in [-0.05, 0) is 61.4 Å². The van der Waals surface area contributed by atoms with Crippen molar-refractivity contribution in [1.82, 2.24) is 15.0 Å². The van der Waals surface area contributed by atoms with Crippen molar-refractivity contribution >= 4 is 29.0 Å². The number of aryl methyl sites for hydroxylation is 1. The largest absolute Gasteiger partial charge is 0.493 e. The van der Waals surface area contributed by atoms with Crippen molar-refractivity contribution in [3.63, 3.8) is 0 Å². The van der Waals surface area contributed by atoms with Crippen LogP contribution in [0.1, 0.15) is 29.7 Å². The van der Waals surface area contributed by atoms with Gasteiger partial charge < -0.3 is 25.2 Å². The van der Waals surface area contributed by atoms with Crippen LogP contribution in [0.3, 0.4) is 0 Å². The molecule has 0 radical (unpaired) electrons. The van der Waals surface area contributed by atoms with E-state index >= 15 is 0 Å². The monoisotopic (exact) mass is 531 g/mol. The Balaban J connectivity index is 1.57. The first kappa shape index (κ1) is 27.3. The lowest BCUT2D eigenvalue weighted by Crippen LogP contribution is -2.14. The molecule has 39 heavy (non-hydrogen) atoms. The average Bonchev–Trinajstić information content (AvgIpc) is 2.96. The second-order valence-electron chi connectivity index (χ2n) is 8.60. The lowest BCUT2D eigenvalue weighted by molar-refractivity contribution is 0.191. The maximum Gasteiger partial charge on any atom is 0.231 e. The van der Waals surface area contributed by atoms with Gasteiger partial charge in [0.1, 0.15) is 11.6 Å². The molecule has 10 nitrogen and oxygen atoms in total. The third-order valence-electron chi connectivity index (χ3n) is 5.88. The Morgan fingerprint density at radius 1 is 0.974 bits per heavy atom. The number of methoxy groups -OCH3 is 2. The quantitative estimate of drug-likeness (QED) is 0.155. The van der Waals surface area contributed by atoms with E-state index in [1.54, 1.807) is 49.8 Å². The highest BCUT2D eigenvalue weighted by atomic mass is 19.1. The Morgan fingerprint density at radius 3 is 2.46 bits per heavy atom. The second kappa shape index (κ2) is 12.7. The Bertz CT molecular complexity index is 1450. The van der Waals surface area contributed by atoms with E-state index in [0.717, 1.165) is 16.8 Å². The maximum atomic E-state index is 13.9. The van der Waals surface area contributed by atoms with Gasteiger partial charge in [-0.15, -0.1) is 0 Å². The van der Waals surface area contributed by atoms with Crippen molar-refractivity contribution in [2.75, 3.05) is 36.8 Å². The summed E-state index contributed by atoms with van der Waals surface area (Å²) >= 11 is 0. The summed E-state index contributed by atoms with van der Waals surface area (Å²) in [6.45, 7) is 3.85. The van der Waals surface area contributed by atoms with E-state index in [2.05, 4.69) is 36.1 Å². The first-order valence-corrected chi connectivity index (χ1v) is 12.1. The summed E-state index contributed by atoms with van der Waals surface area (Å²) in [5.74, 6) is 1.72. The van der Waals surface area contributed by atoms with Crippen LogP contribution in [0.25, 0.3) is 0 Å². The van der Waals surface area contributed by atoms with E-state index in [0.29, 0.717) is 34.4 Å². The van der Waals surface area contributed by atoms with Crippen LogP contribution in [0, 0.1) is 12.7 Å². The average molecular weight is 532 g/mol. The Labute approximate surface area is 226 Å². The zero-order chi connectivity index (χ0) is 27.8. The lowest BCUT2D eigenvalue weighted by Gasteiger charge is -2.16. The third-order valence-corrected chi connectivity index (χ3v) is 5.88. The number of benzene rings is 2. The smallest absolute Gasteiger partial charge is 0.231 e. The number of hydrogen-bond donors (Lipinski definition) is 4. The number of nitrogens with one attached hydrogen (secondary N) is 3. The van der Waals surface area contributed by atoms with Crippen LogP contribution in [0.5, 0.6) is 11.5 Å². The number of hydrazone groups is 1. The van der Waals surface area contributed by atoms with Gasteiger partial charge in [-0.1, -0.05) is 12.1 Å². The molecule has 0 saturated carbocycles. The molecule has 1 unspecified atom stereocenters. The fourth-order valence-electron chi connectivity index (χ4n) is 3.68. The van der Waals surface area contributed by atoms with Crippen molar-refractivity contribution in [2.24, 2.45) is 5.10 Å². The maximum absolute atomic E-state index is 13.9. The molecule has 2 heterocycles. The summed E-state index contributed by atoms with van der Waals surface area (Å²) in [5.41, 5.74) is 6.57. The predicted molar refractivity (Wildman–Crippen MR) is 150 cm³/mol. The minimum atomic E-state index is -0.870. The summed E-state index contributed by atoms with van der Waals surface area (Å²) in [5, 5.41) is 21.4. The molecule has 4 rings (SSSR count). The van der Waals surface area contributed by atoms with Crippen LogP contribution in [0.4, 0.5) is 27.7 Å². The molecule has 11 heteroatoms. The Kier molecular flexibility index (Phi) is 8.85. The van der Waals surface area contributed by atoms with E-state index in [4.69, 9.17) is 9.47 Å².